The molecule has 0 aliphatic heterocycles. The Balaban J connectivity index is 3.57. The Bertz CT molecular complexity index is 127. The van der Waals surface area contributed by atoms with E-state index in [-0.39, 0.29) is 12.1 Å². The van der Waals surface area contributed by atoms with E-state index < -0.39 is 5.60 Å². The molecule has 0 aliphatic rings. The quantitative estimate of drug-likeness (QED) is 0.667. The van der Waals surface area contributed by atoms with Crippen LogP contribution in [0.25, 0.3) is 0 Å². The van der Waals surface area contributed by atoms with Crippen molar-refractivity contribution in [3.8, 4) is 0 Å². The molecular formula is C9H21NO2. The second-order valence-corrected chi connectivity index (χ2v) is 4.41. The molecular weight excluding hydrogens is 154 g/mol. The summed E-state index contributed by atoms with van der Waals surface area (Å²) >= 11 is 0. The molecule has 0 aliphatic carbocycles. The molecule has 74 valence electrons. The summed E-state index contributed by atoms with van der Waals surface area (Å²) in [5, 5.41) is 9.52. The van der Waals surface area contributed by atoms with Crippen LogP contribution in [0.5, 0.6) is 0 Å². The van der Waals surface area contributed by atoms with Gasteiger partial charge in [-0.25, -0.2) is 0 Å². The van der Waals surface area contributed by atoms with E-state index >= 15 is 0 Å². The van der Waals surface area contributed by atoms with Gasteiger partial charge in [0.05, 0.1) is 17.8 Å². The minimum Gasteiger partial charge on any atom is -0.389 e. The van der Waals surface area contributed by atoms with Crippen LogP contribution in [-0.2, 0) is 4.74 Å². The second kappa shape index (κ2) is 4.21. The largest absolute Gasteiger partial charge is 0.389 e. The standard InChI is InChI=1S/C9H21NO2/c1-8(2,3)12-6-5-9(4,11)7-10/h11H,5-7,10H2,1-4H3. The Labute approximate surface area is 74.9 Å². The van der Waals surface area contributed by atoms with Gasteiger partial charge in [-0.15, -0.1) is 0 Å². The lowest BCUT2D eigenvalue weighted by atomic mass is 10.0. The Morgan fingerprint density at radius 2 is 1.75 bits per heavy atom. The highest BCUT2D eigenvalue weighted by Crippen LogP contribution is 2.11. The summed E-state index contributed by atoms with van der Waals surface area (Å²) in [6, 6.07) is 0. The second-order valence-electron chi connectivity index (χ2n) is 4.41. The molecule has 3 nitrogen and oxygen atoms in total. The maximum absolute atomic E-state index is 9.52. The number of hydrogen-bond donors (Lipinski definition) is 2. The van der Waals surface area contributed by atoms with E-state index in [4.69, 9.17) is 10.5 Å². The van der Waals surface area contributed by atoms with E-state index in [0.717, 1.165) is 0 Å². The molecule has 0 heterocycles. The first kappa shape index (κ1) is 11.9. The van der Waals surface area contributed by atoms with Gasteiger partial charge in [0.2, 0.25) is 0 Å². The van der Waals surface area contributed by atoms with Crippen molar-refractivity contribution in [2.75, 3.05) is 13.2 Å². The summed E-state index contributed by atoms with van der Waals surface area (Å²) < 4.78 is 5.45. The fourth-order valence-electron chi connectivity index (χ4n) is 0.679. The number of hydrogen-bond acceptors (Lipinski definition) is 3. The fraction of sp³-hybridized carbons (Fsp3) is 1.00. The SMILES string of the molecule is CC(O)(CN)CCOC(C)(C)C. The van der Waals surface area contributed by atoms with Crippen molar-refractivity contribution in [2.45, 2.75) is 45.3 Å². The molecule has 12 heavy (non-hydrogen) atoms. The third kappa shape index (κ3) is 6.58. The number of aliphatic hydroxyl groups is 1. The highest BCUT2D eigenvalue weighted by molar-refractivity contribution is 4.73. The van der Waals surface area contributed by atoms with Crippen molar-refractivity contribution in [1.82, 2.24) is 0 Å². The van der Waals surface area contributed by atoms with Gasteiger partial charge in [0.15, 0.2) is 0 Å². The topological polar surface area (TPSA) is 55.5 Å². The lowest BCUT2D eigenvalue weighted by Crippen LogP contribution is -2.36. The third-order valence-corrected chi connectivity index (χ3v) is 1.62. The Morgan fingerprint density at radius 1 is 1.25 bits per heavy atom. The van der Waals surface area contributed by atoms with Crippen LogP contribution in [0.3, 0.4) is 0 Å². The number of rotatable bonds is 4. The molecule has 3 N–H and O–H groups in total. The van der Waals surface area contributed by atoms with Gasteiger partial charge in [-0.1, -0.05) is 0 Å². The molecule has 0 rings (SSSR count). The number of nitrogens with two attached hydrogens (primary N) is 1. The van der Waals surface area contributed by atoms with Crippen LogP contribution < -0.4 is 5.73 Å². The normalized spacial score (nSPS) is 17.5. The summed E-state index contributed by atoms with van der Waals surface area (Å²) in [6.07, 6.45) is 0.584. The van der Waals surface area contributed by atoms with Crippen molar-refractivity contribution in [2.24, 2.45) is 5.73 Å². The van der Waals surface area contributed by atoms with Crippen molar-refractivity contribution in [3.63, 3.8) is 0 Å². The average Bonchev–Trinajstić information content (AvgIpc) is 1.84. The van der Waals surface area contributed by atoms with Crippen LogP contribution in [0, 0.1) is 0 Å². The predicted molar refractivity (Wildman–Crippen MR) is 50.0 cm³/mol. The molecule has 1 unspecified atom stereocenters. The minimum absolute atomic E-state index is 0.134. The zero-order valence-corrected chi connectivity index (χ0v) is 8.55. The monoisotopic (exact) mass is 175 g/mol. The molecule has 0 amide bonds. The van der Waals surface area contributed by atoms with Gasteiger partial charge in [-0.05, 0) is 27.7 Å². The molecule has 0 spiro atoms. The van der Waals surface area contributed by atoms with E-state index in [1.54, 1.807) is 6.92 Å². The van der Waals surface area contributed by atoms with Gasteiger partial charge in [0.1, 0.15) is 0 Å². The van der Waals surface area contributed by atoms with Crippen LogP contribution in [0.2, 0.25) is 0 Å². The van der Waals surface area contributed by atoms with Crippen LogP contribution in [0.1, 0.15) is 34.1 Å². The van der Waals surface area contributed by atoms with Crippen LogP contribution in [-0.4, -0.2) is 29.5 Å². The molecule has 0 saturated heterocycles. The molecule has 0 bridgehead atoms. The zero-order valence-electron chi connectivity index (χ0n) is 8.55. The van der Waals surface area contributed by atoms with Gasteiger partial charge < -0.3 is 15.6 Å². The van der Waals surface area contributed by atoms with Crippen molar-refractivity contribution < 1.29 is 9.84 Å². The van der Waals surface area contributed by atoms with Gasteiger partial charge in [0.25, 0.3) is 0 Å². The zero-order chi connectivity index (χ0) is 9.83. The summed E-state index contributed by atoms with van der Waals surface area (Å²) in [7, 11) is 0. The average molecular weight is 175 g/mol. The highest BCUT2D eigenvalue weighted by atomic mass is 16.5. The molecule has 0 aromatic heterocycles. The maximum Gasteiger partial charge on any atom is 0.0763 e. The van der Waals surface area contributed by atoms with Gasteiger partial charge in [-0.2, -0.15) is 0 Å². The van der Waals surface area contributed by atoms with Crippen molar-refractivity contribution >= 4 is 0 Å². The summed E-state index contributed by atoms with van der Waals surface area (Å²) in [4.78, 5) is 0. The van der Waals surface area contributed by atoms with Crippen LogP contribution in [0.15, 0.2) is 0 Å². The van der Waals surface area contributed by atoms with Gasteiger partial charge >= 0.3 is 0 Å². The first-order chi connectivity index (χ1) is 5.27. The lowest BCUT2D eigenvalue weighted by molar-refractivity contribution is -0.0382. The Hall–Kier alpha value is -0.120. The molecule has 0 aromatic rings. The predicted octanol–water partition coefficient (Wildman–Crippen LogP) is 0.901. The van der Waals surface area contributed by atoms with Crippen molar-refractivity contribution in [3.05, 3.63) is 0 Å². The summed E-state index contributed by atoms with van der Waals surface area (Å²) in [5.74, 6) is 0. The summed E-state index contributed by atoms with van der Waals surface area (Å²) in [6.45, 7) is 8.52. The molecule has 0 saturated carbocycles. The van der Waals surface area contributed by atoms with E-state index in [9.17, 15) is 5.11 Å². The maximum atomic E-state index is 9.52. The van der Waals surface area contributed by atoms with E-state index in [2.05, 4.69) is 0 Å². The van der Waals surface area contributed by atoms with Gasteiger partial charge in [0, 0.05) is 13.0 Å². The van der Waals surface area contributed by atoms with Crippen LogP contribution >= 0.6 is 0 Å². The highest BCUT2D eigenvalue weighted by Gasteiger charge is 2.19. The molecule has 0 fully saturated rings. The first-order valence-corrected chi connectivity index (χ1v) is 4.33. The summed E-state index contributed by atoms with van der Waals surface area (Å²) in [5.41, 5.74) is 4.43. The minimum atomic E-state index is -0.786. The fourth-order valence-corrected chi connectivity index (χ4v) is 0.679. The molecule has 0 aromatic carbocycles. The Kier molecular flexibility index (Phi) is 4.17. The van der Waals surface area contributed by atoms with Gasteiger partial charge in [-0.3, -0.25) is 0 Å². The first-order valence-electron chi connectivity index (χ1n) is 4.33. The van der Waals surface area contributed by atoms with E-state index in [0.29, 0.717) is 13.0 Å². The van der Waals surface area contributed by atoms with Crippen molar-refractivity contribution in [1.29, 1.82) is 0 Å². The van der Waals surface area contributed by atoms with Crippen LogP contribution in [0.4, 0.5) is 0 Å². The van der Waals surface area contributed by atoms with E-state index in [1.807, 2.05) is 20.8 Å². The molecule has 0 radical (unpaired) electrons. The Morgan fingerprint density at radius 3 is 2.08 bits per heavy atom. The lowest BCUT2D eigenvalue weighted by Gasteiger charge is -2.25. The van der Waals surface area contributed by atoms with E-state index in [1.165, 1.54) is 0 Å². The molecule has 1 atom stereocenters. The number of ether oxygens (including phenoxy) is 1. The smallest absolute Gasteiger partial charge is 0.0763 e. The third-order valence-electron chi connectivity index (χ3n) is 1.62. The molecule has 3 heteroatoms.